The largest absolute Gasteiger partial charge is 0.478 e. The summed E-state index contributed by atoms with van der Waals surface area (Å²) in [6.07, 6.45) is 3.31. The fourth-order valence-electron chi connectivity index (χ4n) is 1.92. The van der Waals surface area contributed by atoms with Crippen LogP contribution in [0.3, 0.4) is 0 Å². The molecule has 1 N–H and O–H groups in total. The minimum absolute atomic E-state index is 0.227. The number of carbonyl (C=O) groups is 1. The number of aromatic nitrogens is 2. The molecule has 2 aromatic heterocycles. The summed E-state index contributed by atoms with van der Waals surface area (Å²) in [6, 6.07) is 12.3. The van der Waals surface area contributed by atoms with E-state index in [4.69, 9.17) is 5.11 Å². The Hall–Kier alpha value is -2.73. The molecule has 0 amide bonds. The highest BCUT2D eigenvalue weighted by Crippen LogP contribution is 2.35. The molecule has 2 heterocycles. The molecule has 0 radical (unpaired) electrons. The van der Waals surface area contributed by atoms with Crippen LogP contribution in [0.2, 0.25) is 0 Å². The molecule has 0 aliphatic heterocycles. The van der Waals surface area contributed by atoms with E-state index >= 15 is 0 Å². The van der Waals surface area contributed by atoms with Crippen molar-refractivity contribution in [3.05, 3.63) is 65.8 Å². The van der Waals surface area contributed by atoms with Crippen LogP contribution >= 0.6 is 11.3 Å². The highest BCUT2D eigenvalue weighted by atomic mass is 32.1. The predicted octanol–water partition coefficient (Wildman–Crippen LogP) is 3.71. The molecule has 0 aliphatic rings. The van der Waals surface area contributed by atoms with Crippen molar-refractivity contribution < 1.29 is 9.90 Å². The molecule has 21 heavy (non-hydrogen) atoms. The zero-order valence-electron chi connectivity index (χ0n) is 10.9. The lowest BCUT2D eigenvalue weighted by Gasteiger charge is -2.21. The Morgan fingerprint density at radius 1 is 1.10 bits per heavy atom. The zero-order valence-corrected chi connectivity index (χ0v) is 11.7. The molecule has 0 aliphatic carbocycles. The Kier molecular flexibility index (Phi) is 3.61. The Labute approximate surface area is 125 Å². The van der Waals surface area contributed by atoms with Crippen molar-refractivity contribution in [3.8, 4) is 0 Å². The van der Waals surface area contributed by atoms with Gasteiger partial charge in [0.05, 0.1) is 11.3 Å². The van der Waals surface area contributed by atoms with Crippen LogP contribution in [0.5, 0.6) is 0 Å². The SMILES string of the molecule is O=C(O)c1cccc(N(c2ncccn2)c2cccs2)c1. The summed E-state index contributed by atoms with van der Waals surface area (Å²) in [5.74, 6) is -0.459. The summed E-state index contributed by atoms with van der Waals surface area (Å²) in [6.45, 7) is 0. The van der Waals surface area contributed by atoms with E-state index in [-0.39, 0.29) is 5.56 Å². The van der Waals surface area contributed by atoms with E-state index in [0.717, 1.165) is 5.00 Å². The number of hydrogen-bond acceptors (Lipinski definition) is 5. The van der Waals surface area contributed by atoms with Crippen molar-refractivity contribution in [2.75, 3.05) is 4.90 Å². The summed E-state index contributed by atoms with van der Waals surface area (Å²) < 4.78 is 0. The van der Waals surface area contributed by atoms with Gasteiger partial charge < -0.3 is 5.11 Å². The fraction of sp³-hybridized carbons (Fsp3) is 0. The summed E-state index contributed by atoms with van der Waals surface area (Å²) in [5.41, 5.74) is 0.938. The molecule has 0 saturated heterocycles. The van der Waals surface area contributed by atoms with Gasteiger partial charge in [0.25, 0.3) is 0 Å². The third-order valence-corrected chi connectivity index (χ3v) is 3.68. The molecule has 0 spiro atoms. The lowest BCUT2D eigenvalue weighted by atomic mass is 10.2. The first-order valence-electron chi connectivity index (χ1n) is 6.20. The Bertz CT molecular complexity index is 745. The van der Waals surface area contributed by atoms with Crippen LogP contribution < -0.4 is 4.90 Å². The molecule has 3 aromatic rings. The number of benzene rings is 1. The molecule has 0 unspecified atom stereocenters. The fourth-order valence-corrected chi connectivity index (χ4v) is 2.67. The molecule has 1 aromatic carbocycles. The summed E-state index contributed by atoms with van der Waals surface area (Å²) in [4.78, 5) is 21.5. The minimum Gasteiger partial charge on any atom is -0.478 e. The second kappa shape index (κ2) is 5.72. The third-order valence-electron chi connectivity index (χ3n) is 2.83. The van der Waals surface area contributed by atoms with Crippen molar-refractivity contribution in [1.82, 2.24) is 9.97 Å². The van der Waals surface area contributed by atoms with E-state index in [1.165, 1.54) is 11.3 Å². The van der Waals surface area contributed by atoms with Gasteiger partial charge >= 0.3 is 5.97 Å². The van der Waals surface area contributed by atoms with Crippen molar-refractivity contribution in [1.29, 1.82) is 0 Å². The van der Waals surface area contributed by atoms with E-state index in [0.29, 0.717) is 11.6 Å². The maximum atomic E-state index is 11.2. The molecule has 0 fully saturated rings. The number of aromatic carboxylic acids is 1. The van der Waals surface area contributed by atoms with Gasteiger partial charge in [0.2, 0.25) is 5.95 Å². The zero-order chi connectivity index (χ0) is 14.7. The van der Waals surface area contributed by atoms with Gasteiger partial charge in [-0.3, -0.25) is 4.90 Å². The number of carboxylic acid groups (broad SMARTS) is 1. The van der Waals surface area contributed by atoms with Gasteiger partial charge in [0.15, 0.2) is 0 Å². The smallest absolute Gasteiger partial charge is 0.335 e. The van der Waals surface area contributed by atoms with Crippen molar-refractivity contribution >= 4 is 33.9 Å². The Balaban J connectivity index is 2.12. The lowest BCUT2D eigenvalue weighted by Crippen LogP contribution is -2.12. The first-order chi connectivity index (χ1) is 10.3. The van der Waals surface area contributed by atoms with Gasteiger partial charge in [0.1, 0.15) is 5.00 Å². The predicted molar refractivity (Wildman–Crippen MR) is 81.6 cm³/mol. The number of anilines is 3. The van der Waals surface area contributed by atoms with Crippen LogP contribution in [-0.2, 0) is 0 Å². The van der Waals surface area contributed by atoms with E-state index in [1.807, 2.05) is 28.5 Å². The third kappa shape index (κ3) is 2.75. The van der Waals surface area contributed by atoms with E-state index < -0.39 is 5.97 Å². The molecular weight excluding hydrogens is 286 g/mol. The molecule has 104 valence electrons. The van der Waals surface area contributed by atoms with Crippen molar-refractivity contribution in [3.63, 3.8) is 0 Å². The van der Waals surface area contributed by atoms with Gasteiger partial charge in [-0.1, -0.05) is 6.07 Å². The normalized spacial score (nSPS) is 10.3. The van der Waals surface area contributed by atoms with Crippen LogP contribution in [0.4, 0.5) is 16.6 Å². The molecule has 3 rings (SSSR count). The average molecular weight is 297 g/mol. The van der Waals surface area contributed by atoms with Crippen LogP contribution in [0.15, 0.2) is 60.2 Å². The van der Waals surface area contributed by atoms with E-state index in [1.54, 1.807) is 36.7 Å². The molecule has 5 nitrogen and oxygen atoms in total. The molecular formula is C15H11N3O2S. The first-order valence-corrected chi connectivity index (χ1v) is 7.08. The highest BCUT2D eigenvalue weighted by molar-refractivity contribution is 7.14. The standard InChI is InChI=1S/C15H11N3O2S/c19-14(20)11-4-1-5-12(10-11)18(13-6-2-9-21-13)15-16-7-3-8-17-15/h1-10H,(H,19,20). The number of nitrogens with zero attached hydrogens (tertiary/aromatic N) is 3. The second-order valence-electron chi connectivity index (χ2n) is 4.19. The summed E-state index contributed by atoms with van der Waals surface area (Å²) in [5, 5.41) is 12.0. The summed E-state index contributed by atoms with van der Waals surface area (Å²) >= 11 is 1.53. The van der Waals surface area contributed by atoms with Crippen LogP contribution in [0, 0.1) is 0 Å². The monoisotopic (exact) mass is 297 g/mol. The van der Waals surface area contributed by atoms with Gasteiger partial charge in [0, 0.05) is 12.4 Å². The number of carboxylic acids is 1. The van der Waals surface area contributed by atoms with Crippen LogP contribution in [0.25, 0.3) is 0 Å². The molecule has 0 bridgehead atoms. The Morgan fingerprint density at radius 3 is 2.57 bits per heavy atom. The topological polar surface area (TPSA) is 66.3 Å². The summed E-state index contributed by atoms with van der Waals surface area (Å²) in [7, 11) is 0. The van der Waals surface area contributed by atoms with E-state index in [9.17, 15) is 4.79 Å². The van der Waals surface area contributed by atoms with Gasteiger partial charge in [-0.25, -0.2) is 14.8 Å². The number of rotatable bonds is 4. The quantitative estimate of drug-likeness (QED) is 0.795. The van der Waals surface area contributed by atoms with E-state index in [2.05, 4.69) is 9.97 Å². The van der Waals surface area contributed by atoms with Crippen LogP contribution in [-0.4, -0.2) is 21.0 Å². The van der Waals surface area contributed by atoms with Crippen molar-refractivity contribution in [2.24, 2.45) is 0 Å². The van der Waals surface area contributed by atoms with Gasteiger partial charge in [-0.2, -0.15) is 0 Å². The number of thiophene rings is 1. The van der Waals surface area contributed by atoms with Gasteiger partial charge in [-0.15, -0.1) is 11.3 Å². The highest BCUT2D eigenvalue weighted by Gasteiger charge is 2.16. The average Bonchev–Trinajstić information content (AvgIpc) is 3.03. The molecule has 0 atom stereocenters. The Morgan fingerprint density at radius 2 is 1.90 bits per heavy atom. The van der Waals surface area contributed by atoms with Crippen LogP contribution in [0.1, 0.15) is 10.4 Å². The number of hydrogen-bond donors (Lipinski definition) is 1. The first kappa shape index (κ1) is 13.3. The van der Waals surface area contributed by atoms with Gasteiger partial charge in [-0.05, 0) is 41.8 Å². The molecule has 0 saturated carbocycles. The van der Waals surface area contributed by atoms with Crippen molar-refractivity contribution in [2.45, 2.75) is 0 Å². The molecule has 6 heteroatoms. The minimum atomic E-state index is -0.961. The maximum Gasteiger partial charge on any atom is 0.335 e. The maximum absolute atomic E-state index is 11.2. The lowest BCUT2D eigenvalue weighted by molar-refractivity contribution is 0.0697. The second-order valence-corrected chi connectivity index (χ2v) is 5.12.